The zero-order chi connectivity index (χ0) is 13.0. The highest BCUT2D eigenvalue weighted by Gasteiger charge is 2.36. The van der Waals surface area contributed by atoms with Gasteiger partial charge in [-0.1, -0.05) is 56.9 Å². The van der Waals surface area contributed by atoms with Gasteiger partial charge in [0.1, 0.15) is 6.10 Å². The Labute approximate surface area is 110 Å². The van der Waals surface area contributed by atoms with Gasteiger partial charge in [0.2, 0.25) is 0 Å². The molecule has 0 heterocycles. The van der Waals surface area contributed by atoms with E-state index < -0.39 is 11.7 Å². The first-order chi connectivity index (χ1) is 8.65. The van der Waals surface area contributed by atoms with Gasteiger partial charge < -0.3 is 10.2 Å². The van der Waals surface area contributed by atoms with Crippen LogP contribution in [0.4, 0.5) is 0 Å². The van der Waals surface area contributed by atoms with E-state index in [-0.39, 0.29) is 0 Å². The van der Waals surface area contributed by atoms with Gasteiger partial charge in [-0.25, -0.2) is 0 Å². The molecule has 100 valence electrons. The van der Waals surface area contributed by atoms with Gasteiger partial charge in [0.15, 0.2) is 0 Å². The number of aryl methyl sites for hydroxylation is 1. The van der Waals surface area contributed by atoms with Crippen molar-refractivity contribution in [2.45, 2.75) is 63.6 Å². The molecule has 18 heavy (non-hydrogen) atoms. The van der Waals surface area contributed by atoms with E-state index in [1.165, 1.54) is 18.4 Å². The Kier molecular flexibility index (Phi) is 4.41. The number of rotatable bonds is 3. The van der Waals surface area contributed by atoms with Crippen LogP contribution in [0.5, 0.6) is 0 Å². The summed E-state index contributed by atoms with van der Waals surface area (Å²) in [6, 6.07) is 7.98. The quantitative estimate of drug-likeness (QED) is 0.805. The Morgan fingerprint density at radius 3 is 2.44 bits per heavy atom. The minimum atomic E-state index is -0.928. The van der Waals surface area contributed by atoms with Crippen molar-refractivity contribution in [3.8, 4) is 0 Å². The molecule has 0 saturated heterocycles. The molecule has 1 aliphatic rings. The molecule has 0 aromatic heterocycles. The predicted molar refractivity (Wildman–Crippen MR) is 73.4 cm³/mol. The van der Waals surface area contributed by atoms with Gasteiger partial charge in [-0.2, -0.15) is 0 Å². The molecule has 2 nitrogen and oxygen atoms in total. The topological polar surface area (TPSA) is 40.5 Å². The van der Waals surface area contributed by atoms with E-state index >= 15 is 0 Å². The number of hydrogen-bond donors (Lipinski definition) is 2. The molecule has 0 bridgehead atoms. The van der Waals surface area contributed by atoms with E-state index in [4.69, 9.17) is 0 Å². The molecule has 2 N–H and O–H groups in total. The van der Waals surface area contributed by atoms with Crippen LogP contribution in [-0.2, 0) is 6.42 Å². The number of aliphatic hydroxyl groups is 2. The van der Waals surface area contributed by atoms with E-state index in [1.807, 2.05) is 18.2 Å². The molecular weight excluding hydrogens is 224 g/mol. The van der Waals surface area contributed by atoms with Crippen molar-refractivity contribution in [2.75, 3.05) is 0 Å². The van der Waals surface area contributed by atoms with Crippen molar-refractivity contribution in [1.82, 2.24) is 0 Å². The lowest BCUT2D eigenvalue weighted by molar-refractivity contribution is -0.0867. The zero-order valence-corrected chi connectivity index (χ0v) is 11.2. The van der Waals surface area contributed by atoms with Gasteiger partial charge in [0.25, 0.3) is 0 Å². The number of benzene rings is 1. The van der Waals surface area contributed by atoms with Gasteiger partial charge in [0, 0.05) is 0 Å². The highest BCUT2D eigenvalue weighted by molar-refractivity contribution is 5.27. The Hall–Kier alpha value is -0.860. The third kappa shape index (κ3) is 2.93. The first-order valence-corrected chi connectivity index (χ1v) is 7.15. The molecule has 1 aromatic rings. The summed E-state index contributed by atoms with van der Waals surface area (Å²) in [5.41, 5.74) is 1.14. The molecule has 0 amide bonds. The van der Waals surface area contributed by atoms with Crippen molar-refractivity contribution in [2.24, 2.45) is 0 Å². The highest BCUT2D eigenvalue weighted by Crippen LogP contribution is 2.37. The zero-order valence-electron chi connectivity index (χ0n) is 11.2. The van der Waals surface area contributed by atoms with Gasteiger partial charge in [-0.05, 0) is 30.4 Å². The normalized spacial score (nSPS) is 21.3. The van der Waals surface area contributed by atoms with Crippen molar-refractivity contribution in [3.63, 3.8) is 0 Å². The SMILES string of the molecule is CCc1cccc(C(O)C2(O)CCCCCC2)c1. The van der Waals surface area contributed by atoms with Gasteiger partial charge in [-0.3, -0.25) is 0 Å². The average Bonchev–Trinajstić information content (AvgIpc) is 2.64. The van der Waals surface area contributed by atoms with E-state index in [1.54, 1.807) is 0 Å². The van der Waals surface area contributed by atoms with Crippen LogP contribution < -0.4 is 0 Å². The Bertz CT molecular complexity index is 378. The Balaban J connectivity index is 2.19. The summed E-state index contributed by atoms with van der Waals surface area (Å²) in [5, 5.41) is 21.2. The second-order valence-electron chi connectivity index (χ2n) is 5.52. The molecule has 1 aliphatic carbocycles. The molecule has 1 unspecified atom stereocenters. The summed E-state index contributed by atoms with van der Waals surface area (Å²) in [4.78, 5) is 0. The molecule has 1 saturated carbocycles. The van der Waals surface area contributed by atoms with Gasteiger partial charge in [-0.15, -0.1) is 0 Å². The minimum Gasteiger partial charge on any atom is -0.387 e. The number of hydrogen-bond acceptors (Lipinski definition) is 2. The van der Waals surface area contributed by atoms with Crippen molar-refractivity contribution < 1.29 is 10.2 Å². The lowest BCUT2D eigenvalue weighted by atomic mass is 9.84. The molecule has 2 heteroatoms. The minimum absolute atomic E-state index is 0.713. The fourth-order valence-electron chi connectivity index (χ4n) is 2.91. The maximum Gasteiger partial charge on any atom is 0.108 e. The smallest absolute Gasteiger partial charge is 0.108 e. The third-order valence-corrected chi connectivity index (χ3v) is 4.15. The molecule has 0 radical (unpaired) electrons. The molecule has 1 fully saturated rings. The second kappa shape index (κ2) is 5.85. The van der Waals surface area contributed by atoms with Crippen LogP contribution in [0.25, 0.3) is 0 Å². The van der Waals surface area contributed by atoms with Gasteiger partial charge >= 0.3 is 0 Å². The van der Waals surface area contributed by atoms with Crippen molar-refractivity contribution in [1.29, 1.82) is 0 Å². The summed E-state index contributed by atoms with van der Waals surface area (Å²) in [7, 11) is 0. The standard InChI is InChI=1S/C16H24O2/c1-2-13-8-7-9-14(12-13)15(17)16(18)10-5-3-4-6-11-16/h7-9,12,15,17-18H,2-6,10-11H2,1H3. The summed E-state index contributed by atoms with van der Waals surface area (Å²) < 4.78 is 0. The van der Waals surface area contributed by atoms with Gasteiger partial charge in [0.05, 0.1) is 5.60 Å². The fourth-order valence-corrected chi connectivity index (χ4v) is 2.91. The lowest BCUT2D eigenvalue weighted by Gasteiger charge is -2.32. The maximum absolute atomic E-state index is 10.7. The third-order valence-electron chi connectivity index (χ3n) is 4.15. The summed E-state index contributed by atoms with van der Waals surface area (Å²) in [6.45, 7) is 2.10. The molecule has 1 atom stereocenters. The first kappa shape index (κ1) is 13.6. The molecule has 2 rings (SSSR count). The summed E-state index contributed by atoms with van der Waals surface area (Å²) in [6.07, 6.45) is 6.01. The van der Waals surface area contributed by atoms with Crippen LogP contribution in [0, 0.1) is 0 Å². The molecule has 0 spiro atoms. The molecule has 0 aliphatic heterocycles. The number of aliphatic hydroxyl groups excluding tert-OH is 1. The van der Waals surface area contributed by atoms with E-state index in [9.17, 15) is 10.2 Å². The van der Waals surface area contributed by atoms with Crippen molar-refractivity contribution >= 4 is 0 Å². The van der Waals surface area contributed by atoms with E-state index in [0.717, 1.165) is 24.8 Å². The maximum atomic E-state index is 10.7. The van der Waals surface area contributed by atoms with Crippen LogP contribution >= 0.6 is 0 Å². The summed E-state index contributed by atoms with van der Waals surface area (Å²) in [5.74, 6) is 0. The first-order valence-electron chi connectivity index (χ1n) is 7.15. The highest BCUT2D eigenvalue weighted by atomic mass is 16.3. The van der Waals surface area contributed by atoms with E-state index in [2.05, 4.69) is 13.0 Å². The molecular formula is C16H24O2. The largest absolute Gasteiger partial charge is 0.387 e. The van der Waals surface area contributed by atoms with E-state index in [0.29, 0.717) is 12.8 Å². The molecule has 1 aromatic carbocycles. The predicted octanol–water partition coefficient (Wildman–Crippen LogP) is 3.37. The van der Waals surface area contributed by atoms with Crippen LogP contribution in [0.3, 0.4) is 0 Å². The van der Waals surface area contributed by atoms with Crippen LogP contribution in [0.15, 0.2) is 24.3 Å². The Morgan fingerprint density at radius 2 is 1.83 bits per heavy atom. The van der Waals surface area contributed by atoms with Crippen LogP contribution in [-0.4, -0.2) is 15.8 Å². The average molecular weight is 248 g/mol. The van der Waals surface area contributed by atoms with Crippen LogP contribution in [0.1, 0.15) is 62.7 Å². The lowest BCUT2D eigenvalue weighted by Crippen LogP contribution is -2.35. The second-order valence-corrected chi connectivity index (χ2v) is 5.52. The van der Waals surface area contributed by atoms with Crippen LogP contribution in [0.2, 0.25) is 0 Å². The summed E-state index contributed by atoms with van der Waals surface area (Å²) >= 11 is 0. The Morgan fingerprint density at radius 1 is 1.17 bits per heavy atom. The fraction of sp³-hybridized carbons (Fsp3) is 0.625. The monoisotopic (exact) mass is 248 g/mol. The van der Waals surface area contributed by atoms with Crippen molar-refractivity contribution in [3.05, 3.63) is 35.4 Å².